The molecule has 0 amide bonds. The summed E-state index contributed by atoms with van der Waals surface area (Å²) in [6.07, 6.45) is 10.5. The van der Waals surface area contributed by atoms with Crippen molar-refractivity contribution in [1.82, 2.24) is 4.98 Å². The second kappa shape index (κ2) is 7.72. The molecule has 0 fully saturated rings. The minimum atomic E-state index is -0.607. The van der Waals surface area contributed by atoms with E-state index in [1.165, 1.54) is 0 Å². The van der Waals surface area contributed by atoms with Gasteiger partial charge in [-0.1, -0.05) is 24.0 Å². The maximum atomic E-state index is 12.3. The van der Waals surface area contributed by atoms with Gasteiger partial charge in [0.15, 0.2) is 12.2 Å². The highest BCUT2D eigenvalue weighted by Crippen LogP contribution is 2.35. The van der Waals surface area contributed by atoms with Gasteiger partial charge < -0.3 is 14.2 Å². The van der Waals surface area contributed by atoms with Crippen LogP contribution in [0.1, 0.15) is 17.3 Å². The number of pyridine rings is 1. The molecule has 1 aromatic carbocycles. The third kappa shape index (κ3) is 3.53. The first kappa shape index (κ1) is 16.2. The summed E-state index contributed by atoms with van der Waals surface area (Å²) >= 11 is 0. The van der Waals surface area contributed by atoms with Crippen LogP contribution in [0, 0.1) is 24.7 Å². The summed E-state index contributed by atoms with van der Waals surface area (Å²) in [6.45, 7) is 1.87. The van der Waals surface area contributed by atoms with Gasteiger partial charge in [-0.15, -0.1) is 12.8 Å². The molecule has 0 radical (unpaired) electrons. The zero-order valence-corrected chi connectivity index (χ0v) is 12.7. The standard InChI is InChI=1S/C18H15NO4/c1-4-11-22-16-13-9-7-8-10-14(13)19-17(23-12-5-2)15(16)18(20)21-6-3/h1-2,7-10H,6,11-12H2,3H3. The van der Waals surface area contributed by atoms with Crippen molar-refractivity contribution in [2.45, 2.75) is 6.92 Å². The SMILES string of the molecule is C#CCOc1nc2ccccc2c(OCC#C)c1C(=O)OCC. The second-order valence-electron chi connectivity index (χ2n) is 4.34. The number of fused-ring (bicyclic) bond motifs is 1. The van der Waals surface area contributed by atoms with Crippen molar-refractivity contribution in [1.29, 1.82) is 0 Å². The molecule has 2 rings (SSSR count). The number of aromatic nitrogens is 1. The quantitative estimate of drug-likeness (QED) is 0.606. The molecule has 0 N–H and O–H groups in total. The fourth-order valence-electron chi connectivity index (χ4n) is 2.02. The van der Waals surface area contributed by atoms with Crippen molar-refractivity contribution in [2.24, 2.45) is 0 Å². The Morgan fingerprint density at radius 1 is 1.17 bits per heavy atom. The summed E-state index contributed by atoms with van der Waals surface area (Å²) in [5.74, 6) is 4.44. The van der Waals surface area contributed by atoms with Crippen LogP contribution in [0.2, 0.25) is 0 Å². The lowest BCUT2D eigenvalue weighted by atomic mass is 10.1. The van der Waals surface area contributed by atoms with Gasteiger partial charge in [0.05, 0.1) is 12.1 Å². The van der Waals surface area contributed by atoms with Gasteiger partial charge in [-0.25, -0.2) is 9.78 Å². The molecule has 0 atom stereocenters. The third-order valence-corrected chi connectivity index (χ3v) is 2.88. The normalized spacial score (nSPS) is 9.70. The first-order valence-corrected chi connectivity index (χ1v) is 6.95. The number of hydrogen-bond donors (Lipinski definition) is 0. The maximum absolute atomic E-state index is 12.3. The van der Waals surface area contributed by atoms with Crippen molar-refractivity contribution in [3.63, 3.8) is 0 Å². The number of hydrogen-bond acceptors (Lipinski definition) is 5. The summed E-state index contributed by atoms with van der Waals surface area (Å²) in [4.78, 5) is 16.7. The first-order valence-electron chi connectivity index (χ1n) is 6.95. The predicted octanol–water partition coefficient (Wildman–Crippen LogP) is 2.44. The lowest BCUT2D eigenvalue weighted by Crippen LogP contribution is -2.13. The Balaban J connectivity index is 2.69. The fraction of sp³-hybridized carbons (Fsp3) is 0.222. The minimum absolute atomic E-state index is 0.00497. The number of rotatable bonds is 6. The molecule has 0 saturated carbocycles. The van der Waals surface area contributed by atoms with E-state index in [1.807, 2.05) is 12.1 Å². The van der Waals surface area contributed by atoms with Crippen LogP contribution in [0.3, 0.4) is 0 Å². The van der Waals surface area contributed by atoms with Crippen molar-refractivity contribution in [2.75, 3.05) is 19.8 Å². The van der Waals surface area contributed by atoms with Crippen LogP contribution < -0.4 is 9.47 Å². The zero-order chi connectivity index (χ0) is 16.7. The van der Waals surface area contributed by atoms with Crippen molar-refractivity contribution in [3.8, 4) is 36.3 Å². The van der Waals surface area contributed by atoms with Gasteiger partial charge in [0, 0.05) is 5.39 Å². The summed E-state index contributed by atoms with van der Waals surface area (Å²) < 4.78 is 16.1. The summed E-state index contributed by atoms with van der Waals surface area (Å²) in [7, 11) is 0. The number of terminal acetylenes is 2. The second-order valence-corrected chi connectivity index (χ2v) is 4.34. The van der Waals surface area contributed by atoms with E-state index in [1.54, 1.807) is 19.1 Å². The largest absolute Gasteiger partial charge is 0.479 e. The molecule has 1 heterocycles. The van der Waals surface area contributed by atoms with E-state index < -0.39 is 5.97 Å². The monoisotopic (exact) mass is 309 g/mol. The number of para-hydroxylation sites is 1. The molecule has 23 heavy (non-hydrogen) atoms. The molecular formula is C18H15NO4. The van der Waals surface area contributed by atoms with E-state index in [9.17, 15) is 4.79 Å². The predicted molar refractivity (Wildman–Crippen MR) is 86.4 cm³/mol. The van der Waals surface area contributed by atoms with Gasteiger partial charge in [-0.3, -0.25) is 0 Å². The van der Waals surface area contributed by atoms with E-state index >= 15 is 0 Å². The Hall–Kier alpha value is -3.18. The molecule has 0 spiro atoms. The number of ether oxygens (including phenoxy) is 3. The molecule has 116 valence electrons. The molecule has 1 aromatic heterocycles. The molecule has 0 aliphatic rings. The van der Waals surface area contributed by atoms with Gasteiger partial charge in [0.1, 0.15) is 12.4 Å². The van der Waals surface area contributed by atoms with Gasteiger partial charge in [-0.05, 0) is 19.1 Å². The highest BCUT2D eigenvalue weighted by molar-refractivity contribution is 6.02. The topological polar surface area (TPSA) is 57.7 Å². The van der Waals surface area contributed by atoms with E-state index in [2.05, 4.69) is 16.8 Å². The maximum Gasteiger partial charge on any atom is 0.347 e. The number of benzene rings is 1. The van der Waals surface area contributed by atoms with Gasteiger partial charge >= 0.3 is 5.97 Å². The van der Waals surface area contributed by atoms with Crippen LogP contribution in [-0.4, -0.2) is 30.8 Å². The van der Waals surface area contributed by atoms with Crippen LogP contribution in [0.4, 0.5) is 0 Å². The van der Waals surface area contributed by atoms with Crippen LogP contribution >= 0.6 is 0 Å². The Labute approximate surface area is 134 Å². The smallest absolute Gasteiger partial charge is 0.347 e. The zero-order valence-electron chi connectivity index (χ0n) is 12.7. The number of esters is 1. The number of carbonyl (C=O) groups excluding carboxylic acids is 1. The lowest BCUT2D eigenvalue weighted by molar-refractivity contribution is 0.0517. The van der Waals surface area contributed by atoms with E-state index in [-0.39, 0.29) is 37.0 Å². The van der Waals surface area contributed by atoms with E-state index in [0.717, 1.165) is 0 Å². The highest BCUT2D eigenvalue weighted by atomic mass is 16.5. The third-order valence-electron chi connectivity index (χ3n) is 2.88. The molecular weight excluding hydrogens is 294 g/mol. The van der Waals surface area contributed by atoms with E-state index in [0.29, 0.717) is 10.9 Å². The Morgan fingerprint density at radius 3 is 2.57 bits per heavy atom. The van der Waals surface area contributed by atoms with Crippen molar-refractivity contribution < 1.29 is 19.0 Å². The minimum Gasteiger partial charge on any atom is -0.479 e. The van der Waals surface area contributed by atoms with Crippen LogP contribution in [0.5, 0.6) is 11.6 Å². The summed E-state index contributed by atoms with van der Waals surface area (Å²) in [5, 5.41) is 0.638. The highest BCUT2D eigenvalue weighted by Gasteiger charge is 2.25. The van der Waals surface area contributed by atoms with Gasteiger partial charge in [0.2, 0.25) is 5.88 Å². The van der Waals surface area contributed by atoms with Crippen LogP contribution in [0.15, 0.2) is 24.3 Å². The number of carbonyl (C=O) groups is 1. The first-order chi connectivity index (χ1) is 11.2. The molecule has 0 aliphatic carbocycles. The van der Waals surface area contributed by atoms with Gasteiger partial charge in [0.25, 0.3) is 0 Å². The molecule has 2 aromatic rings. The van der Waals surface area contributed by atoms with E-state index in [4.69, 9.17) is 27.1 Å². The molecule has 0 aliphatic heterocycles. The summed E-state index contributed by atoms with van der Waals surface area (Å²) in [5.41, 5.74) is 0.677. The number of nitrogens with zero attached hydrogens (tertiary/aromatic N) is 1. The Morgan fingerprint density at radius 2 is 1.87 bits per heavy atom. The lowest BCUT2D eigenvalue weighted by Gasteiger charge is -2.15. The molecule has 0 unspecified atom stereocenters. The summed E-state index contributed by atoms with van der Waals surface area (Å²) in [6, 6.07) is 7.18. The molecule has 0 saturated heterocycles. The van der Waals surface area contributed by atoms with Crippen LogP contribution in [-0.2, 0) is 4.74 Å². The molecule has 5 heteroatoms. The van der Waals surface area contributed by atoms with Crippen LogP contribution in [0.25, 0.3) is 10.9 Å². The average Bonchev–Trinajstić information content (AvgIpc) is 2.57. The average molecular weight is 309 g/mol. The molecule has 5 nitrogen and oxygen atoms in total. The van der Waals surface area contributed by atoms with Gasteiger partial charge in [-0.2, -0.15) is 0 Å². The van der Waals surface area contributed by atoms with Crippen molar-refractivity contribution >= 4 is 16.9 Å². The van der Waals surface area contributed by atoms with Crippen molar-refractivity contribution in [3.05, 3.63) is 29.8 Å². The Kier molecular flexibility index (Phi) is 5.44. The fourth-order valence-corrected chi connectivity index (χ4v) is 2.02. The Bertz CT molecular complexity index is 799. The molecule has 0 bridgehead atoms.